The Balaban J connectivity index is 1.63. The summed E-state index contributed by atoms with van der Waals surface area (Å²) in [6.07, 6.45) is -0.925. The van der Waals surface area contributed by atoms with Crippen LogP contribution in [0.25, 0.3) is 0 Å². The highest BCUT2D eigenvalue weighted by Crippen LogP contribution is 2.40. The quantitative estimate of drug-likeness (QED) is 0.254. The number of alkyl halides is 3. The number of nitrogens with two attached hydrogens (primary N) is 1. The van der Waals surface area contributed by atoms with Gasteiger partial charge in [-0.25, -0.2) is 22.8 Å². The molecule has 1 aromatic heterocycles. The number of amides is 1. The first-order chi connectivity index (χ1) is 20.6. The van der Waals surface area contributed by atoms with Crippen molar-refractivity contribution >= 4 is 39.0 Å². The molecular formula is C29H33ClF4N6O3S. The summed E-state index contributed by atoms with van der Waals surface area (Å²) in [5.41, 5.74) is 5.98. The molecule has 0 bridgehead atoms. The average Bonchev–Trinajstić information content (AvgIpc) is 2.97. The summed E-state index contributed by atoms with van der Waals surface area (Å²) >= 11 is 6.44. The molecule has 0 saturated heterocycles. The maximum Gasteiger partial charge on any atom is 0.416 e. The van der Waals surface area contributed by atoms with Crippen molar-refractivity contribution in [3.05, 3.63) is 77.0 Å². The third kappa shape index (κ3) is 7.59. The highest BCUT2D eigenvalue weighted by molar-refractivity contribution is 7.92. The predicted molar refractivity (Wildman–Crippen MR) is 159 cm³/mol. The summed E-state index contributed by atoms with van der Waals surface area (Å²) in [5, 5.41) is 3.06. The minimum absolute atomic E-state index is 0.0644. The molecule has 9 nitrogen and oxygen atoms in total. The molecule has 3 aromatic rings. The number of benzene rings is 2. The van der Waals surface area contributed by atoms with Crippen LogP contribution in [-0.4, -0.2) is 54.4 Å². The fraction of sp³-hybridized carbons (Fsp3) is 0.414. The minimum Gasteiger partial charge on any atom is -0.379 e. The number of carbonyl (C=O) groups excluding carboxylic acids is 1. The normalized spacial score (nSPS) is 19.8. The second-order valence-corrected chi connectivity index (χ2v) is 13.2. The van der Waals surface area contributed by atoms with Crippen LogP contribution in [0, 0.1) is 11.7 Å². The number of carbonyl (C=O) groups is 1. The lowest BCUT2D eigenvalue weighted by atomic mass is 9.77. The van der Waals surface area contributed by atoms with Gasteiger partial charge in [0, 0.05) is 19.3 Å². The van der Waals surface area contributed by atoms with E-state index in [2.05, 4.69) is 20.0 Å². The van der Waals surface area contributed by atoms with E-state index in [-0.39, 0.29) is 34.3 Å². The lowest BCUT2D eigenvalue weighted by Crippen LogP contribution is -2.55. The molecule has 4 atom stereocenters. The maximum atomic E-state index is 15.3. The molecule has 1 heterocycles. The number of likely N-dealkylation sites (N-methyl/N-ethyl adjacent to an activating group) is 1. The van der Waals surface area contributed by atoms with E-state index in [0.29, 0.717) is 24.8 Å². The van der Waals surface area contributed by atoms with Crippen LogP contribution >= 0.6 is 11.6 Å². The van der Waals surface area contributed by atoms with E-state index in [9.17, 15) is 26.4 Å². The Morgan fingerprint density at radius 1 is 1.16 bits per heavy atom. The van der Waals surface area contributed by atoms with Gasteiger partial charge >= 0.3 is 6.18 Å². The zero-order valence-corrected chi connectivity index (χ0v) is 25.7. The summed E-state index contributed by atoms with van der Waals surface area (Å²) in [5.74, 6) is -1.98. The third-order valence-electron chi connectivity index (χ3n) is 7.82. The lowest BCUT2D eigenvalue weighted by Gasteiger charge is -2.43. The zero-order valence-electron chi connectivity index (χ0n) is 24.1. The molecule has 4 unspecified atom stereocenters. The standard InChI is InChI=1S/C29H33ClF4N6O3S/c1-16(2)27(35)28(41)40(3)24-12-18(17-5-4-6-19(11-17)29(32,33)34)7-8-22(24)38-23-14-21(31)25(13-20(23)30)44(42,43)39-26-9-10-36-15-37-26/h4-6,9-11,13-16,18,22,24,27,38H,7-8,12,35H2,1-3H3,(H,36,37,39). The van der Waals surface area contributed by atoms with E-state index >= 15 is 4.39 Å². The monoisotopic (exact) mass is 656 g/mol. The van der Waals surface area contributed by atoms with Gasteiger partial charge in [-0.2, -0.15) is 13.2 Å². The van der Waals surface area contributed by atoms with Crippen LogP contribution in [-0.2, 0) is 21.0 Å². The van der Waals surface area contributed by atoms with E-state index in [1.165, 1.54) is 23.2 Å². The second-order valence-electron chi connectivity index (χ2n) is 11.1. The maximum absolute atomic E-state index is 15.3. The Bertz CT molecular complexity index is 1590. The van der Waals surface area contributed by atoms with Crippen molar-refractivity contribution in [2.45, 2.75) is 68.2 Å². The first-order valence-electron chi connectivity index (χ1n) is 13.8. The van der Waals surface area contributed by atoms with Gasteiger partial charge in [0.15, 0.2) is 0 Å². The van der Waals surface area contributed by atoms with Gasteiger partial charge in [-0.15, -0.1) is 0 Å². The molecule has 0 aliphatic heterocycles. The van der Waals surface area contributed by atoms with Gasteiger partial charge in [0.05, 0.1) is 28.4 Å². The van der Waals surface area contributed by atoms with E-state index in [0.717, 1.165) is 30.6 Å². The average molecular weight is 657 g/mol. The molecular weight excluding hydrogens is 624 g/mol. The van der Waals surface area contributed by atoms with Gasteiger partial charge in [0.1, 0.15) is 22.9 Å². The molecule has 15 heteroatoms. The number of aromatic nitrogens is 2. The van der Waals surface area contributed by atoms with Crippen molar-refractivity contribution in [1.82, 2.24) is 14.9 Å². The first-order valence-corrected chi connectivity index (χ1v) is 15.7. The fourth-order valence-electron chi connectivity index (χ4n) is 5.29. The van der Waals surface area contributed by atoms with Crippen molar-refractivity contribution in [3.63, 3.8) is 0 Å². The van der Waals surface area contributed by atoms with Gasteiger partial charge in [0.2, 0.25) is 5.91 Å². The molecule has 1 saturated carbocycles. The van der Waals surface area contributed by atoms with Crippen molar-refractivity contribution < 1.29 is 30.8 Å². The molecule has 4 rings (SSSR count). The summed E-state index contributed by atoms with van der Waals surface area (Å²) < 4.78 is 83.4. The largest absolute Gasteiger partial charge is 0.416 e. The summed E-state index contributed by atoms with van der Waals surface area (Å²) in [7, 11) is -2.82. The summed E-state index contributed by atoms with van der Waals surface area (Å²) in [6, 6.07) is 6.45. The van der Waals surface area contributed by atoms with E-state index in [1.807, 2.05) is 0 Å². The number of nitrogens with zero attached hydrogens (tertiary/aromatic N) is 3. The number of nitrogens with one attached hydrogen (secondary N) is 2. The summed E-state index contributed by atoms with van der Waals surface area (Å²) in [4.78, 5) is 21.6. The van der Waals surface area contributed by atoms with Crippen molar-refractivity contribution in [2.75, 3.05) is 17.1 Å². The van der Waals surface area contributed by atoms with E-state index in [4.69, 9.17) is 17.3 Å². The van der Waals surface area contributed by atoms with Gasteiger partial charge in [0.25, 0.3) is 10.0 Å². The van der Waals surface area contributed by atoms with E-state index in [1.54, 1.807) is 27.0 Å². The van der Waals surface area contributed by atoms with Crippen LogP contribution < -0.4 is 15.8 Å². The van der Waals surface area contributed by atoms with Crippen molar-refractivity contribution in [2.24, 2.45) is 11.7 Å². The van der Waals surface area contributed by atoms with Crippen LogP contribution in [0.5, 0.6) is 0 Å². The second kappa shape index (κ2) is 13.2. The number of halogens is 5. The molecule has 0 spiro atoms. The topological polar surface area (TPSA) is 130 Å². The Hall–Kier alpha value is -3.49. The van der Waals surface area contributed by atoms with Crippen LogP contribution in [0.3, 0.4) is 0 Å². The van der Waals surface area contributed by atoms with Crippen LogP contribution in [0.4, 0.5) is 29.1 Å². The lowest BCUT2D eigenvalue weighted by molar-refractivity contribution is -0.137. The molecule has 1 aliphatic rings. The molecule has 0 radical (unpaired) electrons. The van der Waals surface area contributed by atoms with Crippen molar-refractivity contribution in [1.29, 1.82) is 0 Å². The molecule has 1 fully saturated rings. The number of hydrogen-bond donors (Lipinski definition) is 3. The van der Waals surface area contributed by atoms with Crippen molar-refractivity contribution in [3.8, 4) is 0 Å². The van der Waals surface area contributed by atoms with Gasteiger partial charge in [-0.1, -0.05) is 43.6 Å². The Morgan fingerprint density at radius 3 is 2.52 bits per heavy atom. The number of sulfonamides is 1. The smallest absolute Gasteiger partial charge is 0.379 e. The summed E-state index contributed by atoms with van der Waals surface area (Å²) in [6.45, 7) is 3.60. The Morgan fingerprint density at radius 2 is 1.89 bits per heavy atom. The number of anilines is 2. The first kappa shape index (κ1) is 33.4. The highest BCUT2D eigenvalue weighted by Gasteiger charge is 2.39. The third-order valence-corrected chi connectivity index (χ3v) is 9.51. The van der Waals surface area contributed by atoms with Gasteiger partial charge in [-0.05, 0) is 60.9 Å². The van der Waals surface area contributed by atoms with Crippen LogP contribution in [0.2, 0.25) is 5.02 Å². The zero-order chi connectivity index (χ0) is 32.4. The molecule has 2 aromatic carbocycles. The SMILES string of the molecule is CC(C)C(N)C(=O)N(C)C1CC(c2cccc(C(F)(F)F)c2)CCC1Nc1cc(F)c(S(=O)(=O)Nc2ccncn2)cc1Cl. The minimum atomic E-state index is -4.50. The molecule has 4 N–H and O–H groups in total. The van der Waals surface area contributed by atoms with Crippen LogP contribution in [0.1, 0.15) is 50.2 Å². The molecule has 1 aliphatic carbocycles. The fourth-order valence-corrected chi connectivity index (χ4v) is 6.66. The van der Waals surface area contributed by atoms with E-state index < -0.39 is 50.6 Å². The predicted octanol–water partition coefficient (Wildman–Crippen LogP) is 5.65. The molecule has 1 amide bonds. The highest BCUT2D eigenvalue weighted by atomic mass is 35.5. The molecule has 44 heavy (non-hydrogen) atoms. The van der Waals surface area contributed by atoms with Gasteiger partial charge < -0.3 is 16.0 Å². The van der Waals surface area contributed by atoms with Gasteiger partial charge in [-0.3, -0.25) is 9.52 Å². The Labute approximate surface area is 258 Å². The Kier molecular flexibility index (Phi) is 10.1. The molecule has 238 valence electrons. The number of hydrogen-bond acceptors (Lipinski definition) is 7. The van der Waals surface area contributed by atoms with Crippen LogP contribution in [0.15, 0.2) is 59.9 Å². The number of rotatable bonds is 9.